The summed E-state index contributed by atoms with van der Waals surface area (Å²) in [7, 11) is 0. The second kappa shape index (κ2) is 9.12. The normalized spacial score (nSPS) is 25.6. The summed E-state index contributed by atoms with van der Waals surface area (Å²) in [6, 6.07) is 16.2. The van der Waals surface area contributed by atoms with E-state index in [1.54, 1.807) is 12.4 Å². The number of H-pyrrole nitrogens is 1. The van der Waals surface area contributed by atoms with Crippen LogP contribution in [-0.4, -0.2) is 72.7 Å². The van der Waals surface area contributed by atoms with Crippen LogP contribution in [-0.2, 0) is 9.57 Å². The van der Waals surface area contributed by atoms with Crippen molar-refractivity contribution in [3.8, 4) is 11.3 Å². The Bertz CT molecular complexity index is 1240. The average molecular weight is 449 g/mol. The molecule has 1 saturated heterocycles. The molecule has 33 heavy (non-hydrogen) atoms. The third kappa shape index (κ3) is 4.12. The Balaban J connectivity index is 1.36. The molecule has 1 aliphatic heterocycles. The summed E-state index contributed by atoms with van der Waals surface area (Å²) in [5.74, 6) is 0. The van der Waals surface area contributed by atoms with Crippen molar-refractivity contribution in [2.75, 3.05) is 6.61 Å². The number of nitrogens with zero attached hydrogens (tertiary/aromatic N) is 4. The van der Waals surface area contributed by atoms with Crippen molar-refractivity contribution >= 4 is 17.1 Å². The Kier molecular flexibility index (Phi) is 5.88. The second-order valence-corrected chi connectivity index (χ2v) is 7.78. The first-order valence-corrected chi connectivity index (χ1v) is 10.5. The molecule has 0 radical (unpaired) electrons. The highest BCUT2D eigenvalue weighted by Gasteiger charge is 2.47. The van der Waals surface area contributed by atoms with E-state index < -0.39 is 37.3 Å². The zero-order valence-corrected chi connectivity index (χ0v) is 17.5. The number of rotatable bonds is 6. The van der Waals surface area contributed by atoms with Crippen LogP contribution in [0.5, 0.6) is 0 Å². The van der Waals surface area contributed by atoms with Gasteiger partial charge in [0, 0.05) is 28.2 Å². The largest absolute Gasteiger partial charge is 0.394 e. The van der Waals surface area contributed by atoms with Gasteiger partial charge in [-0.25, -0.2) is 4.68 Å². The molecular formula is C23H23N5O5. The van der Waals surface area contributed by atoms with E-state index in [1.807, 2.05) is 54.6 Å². The lowest BCUT2D eigenvalue weighted by Crippen LogP contribution is -2.56. The maximum atomic E-state index is 10.9. The summed E-state index contributed by atoms with van der Waals surface area (Å²) < 4.78 is 6.92. The molecule has 1 aliphatic rings. The van der Waals surface area contributed by atoms with Crippen LogP contribution >= 0.6 is 0 Å². The lowest BCUT2D eigenvalue weighted by molar-refractivity contribution is -0.287. The molecule has 5 rings (SSSR count). The maximum Gasteiger partial charge on any atom is 0.255 e. The smallest absolute Gasteiger partial charge is 0.255 e. The van der Waals surface area contributed by atoms with Crippen LogP contribution in [0.2, 0.25) is 0 Å². The fourth-order valence-corrected chi connectivity index (χ4v) is 3.98. The molecule has 0 bridgehead atoms. The fraction of sp³-hybridized carbons (Fsp3) is 0.261. The zero-order chi connectivity index (χ0) is 22.8. The van der Waals surface area contributed by atoms with Crippen LogP contribution in [0.3, 0.4) is 0 Å². The molecule has 170 valence electrons. The quantitative estimate of drug-likeness (QED) is 0.258. The van der Waals surface area contributed by atoms with E-state index in [1.165, 1.54) is 10.9 Å². The summed E-state index contributed by atoms with van der Waals surface area (Å²) in [6.45, 7) is -0.476. The fourth-order valence-electron chi connectivity index (χ4n) is 3.98. The number of hydrogen-bond donors (Lipinski definition) is 4. The number of oxime groups is 1. The molecule has 2 aromatic heterocycles. The summed E-state index contributed by atoms with van der Waals surface area (Å²) >= 11 is 0. The number of aliphatic hydroxyl groups excluding tert-OH is 3. The van der Waals surface area contributed by atoms with Gasteiger partial charge < -0.3 is 29.9 Å². The van der Waals surface area contributed by atoms with Gasteiger partial charge in [-0.2, -0.15) is 0 Å². The number of nitrogens with one attached hydrogen (secondary N) is 1. The third-order valence-corrected chi connectivity index (χ3v) is 5.71. The predicted molar refractivity (Wildman–Crippen MR) is 119 cm³/mol. The topological polar surface area (TPSA) is 138 Å². The van der Waals surface area contributed by atoms with Gasteiger partial charge in [0.05, 0.1) is 19.0 Å². The van der Waals surface area contributed by atoms with Gasteiger partial charge in [0.2, 0.25) is 0 Å². The van der Waals surface area contributed by atoms with E-state index in [0.29, 0.717) is 5.69 Å². The lowest BCUT2D eigenvalue weighted by Gasteiger charge is -2.40. The number of benzene rings is 2. The SMILES string of the molecule is OC[C@H]1O[C@@H](O/N=C/c2c[nH]c3ccccc23)[C@H](O)[C@@H](n2cc(-c3ccccc3)nn2)[C@H]1O. The van der Waals surface area contributed by atoms with Crippen molar-refractivity contribution in [2.45, 2.75) is 30.6 Å². The number of ether oxygens (including phenoxy) is 1. The van der Waals surface area contributed by atoms with E-state index in [2.05, 4.69) is 20.5 Å². The molecule has 0 spiro atoms. The summed E-state index contributed by atoms with van der Waals surface area (Å²) in [5.41, 5.74) is 3.18. The monoisotopic (exact) mass is 449 g/mol. The van der Waals surface area contributed by atoms with Gasteiger partial charge in [-0.1, -0.05) is 58.9 Å². The van der Waals surface area contributed by atoms with Gasteiger partial charge in [-0.05, 0) is 6.07 Å². The molecule has 10 nitrogen and oxygen atoms in total. The van der Waals surface area contributed by atoms with Gasteiger partial charge in [0.25, 0.3) is 6.29 Å². The predicted octanol–water partition coefficient (Wildman–Crippen LogP) is 1.46. The highest BCUT2D eigenvalue weighted by Crippen LogP contribution is 2.31. The molecule has 4 aromatic rings. The number of fused-ring (bicyclic) bond motifs is 1. The van der Waals surface area contributed by atoms with Crippen molar-refractivity contribution in [3.63, 3.8) is 0 Å². The van der Waals surface area contributed by atoms with Crippen molar-refractivity contribution in [3.05, 3.63) is 72.6 Å². The number of aliphatic hydroxyl groups is 3. The highest BCUT2D eigenvalue weighted by atomic mass is 16.8. The number of hydrogen-bond acceptors (Lipinski definition) is 8. The Morgan fingerprint density at radius 2 is 1.88 bits per heavy atom. The van der Waals surface area contributed by atoms with Crippen LogP contribution < -0.4 is 0 Å². The minimum absolute atomic E-state index is 0.476. The first kappa shape index (κ1) is 21.3. The van der Waals surface area contributed by atoms with Gasteiger partial charge in [0.15, 0.2) is 0 Å². The molecule has 0 aliphatic carbocycles. The molecule has 3 heterocycles. The van der Waals surface area contributed by atoms with Crippen molar-refractivity contribution in [2.24, 2.45) is 5.16 Å². The van der Waals surface area contributed by atoms with E-state index in [9.17, 15) is 15.3 Å². The molecule has 4 N–H and O–H groups in total. The van der Waals surface area contributed by atoms with Gasteiger partial charge in [0.1, 0.15) is 30.0 Å². The molecule has 1 fully saturated rings. The van der Waals surface area contributed by atoms with E-state index >= 15 is 0 Å². The van der Waals surface area contributed by atoms with Gasteiger partial charge >= 0.3 is 0 Å². The Hall–Kier alpha value is -3.57. The summed E-state index contributed by atoms with van der Waals surface area (Å²) in [6.07, 6.45) is 0.113. The highest BCUT2D eigenvalue weighted by molar-refractivity contribution is 5.98. The summed E-state index contributed by atoms with van der Waals surface area (Å²) in [4.78, 5) is 8.58. The molecule has 5 atom stereocenters. The minimum atomic E-state index is -1.33. The van der Waals surface area contributed by atoms with Gasteiger partial charge in [-0.3, -0.25) is 0 Å². The van der Waals surface area contributed by atoms with Crippen LogP contribution in [0.25, 0.3) is 22.2 Å². The Morgan fingerprint density at radius 1 is 1.09 bits per heavy atom. The molecule has 0 unspecified atom stereocenters. The second-order valence-electron chi connectivity index (χ2n) is 7.78. The average Bonchev–Trinajstić information content (AvgIpc) is 3.49. The number of aromatic nitrogens is 4. The van der Waals surface area contributed by atoms with Crippen molar-refractivity contribution in [1.29, 1.82) is 0 Å². The summed E-state index contributed by atoms with van der Waals surface area (Å²) in [5, 5.41) is 44.5. The van der Waals surface area contributed by atoms with E-state index in [-0.39, 0.29) is 0 Å². The van der Waals surface area contributed by atoms with E-state index in [0.717, 1.165) is 22.0 Å². The van der Waals surface area contributed by atoms with Crippen LogP contribution in [0.15, 0.2) is 72.1 Å². The van der Waals surface area contributed by atoms with Crippen molar-refractivity contribution in [1.82, 2.24) is 20.0 Å². The third-order valence-electron chi connectivity index (χ3n) is 5.71. The zero-order valence-electron chi connectivity index (χ0n) is 17.5. The van der Waals surface area contributed by atoms with Crippen LogP contribution in [0.1, 0.15) is 11.6 Å². The maximum absolute atomic E-state index is 10.9. The lowest BCUT2D eigenvalue weighted by atomic mass is 9.96. The first-order chi connectivity index (χ1) is 16.2. The first-order valence-electron chi connectivity index (χ1n) is 10.5. The van der Waals surface area contributed by atoms with Crippen molar-refractivity contribution < 1.29 is 24.9 Å². The number of aromatic amines is 1. The standard InChI is InChI=1S/C23H23N5O5/c29-13-19-21(30)20(28-12-18(26-27-28)14-6-2-1-3-7-14)22(31)23(32-19)33-25-11-15-10-24-17-9-5-4-8-16(15)17/h1-12,19-24,29-31H,13H2/b25-11+/t19-,20+,21+,22-,23+/m1/s1. The van der Waals surface area contributed by atoms with Gasteiger partial charge in [-0.15, -0.1) is 5.10 Å². The van der Waals surface area contributed by atoms with Crippen LogP contribution in [0.4, 0.5) is 0 Å². The Morgan fingerprint density at radius 3 is 2.70 bits per heavy atom. The molecule has 0 saturated carbocycles. The molecular weight excluding hydrogens is 426 g/mol. The van der Waals surface area contributed by atoms with Crippen LogP contribution in [0, 0.1) is 0 Å². The molecule has 10 heteroatoms. The minimum Gasteiger partial charge on any atom is -0.394 e. The Labute approximate surface area is 188 Å². The number of para-hydroxylation sites is 1. The van der Waals surface area contributed by atoms with E-state index in [4.69, 9.17) is 9.57 Å². The molecule has 2 aromatic carbocycles. The molecule has 0 amide bonds.